The number of hydrogen-bond acceptors (Lipinski definition) is 4. The lowest BCUT2D eigenvalue weighted by molar-refractivity contribution is -0.651. The number of hydrogen-bond donors (Lipinski definition) is 3. The number of quaternary nitrogens is 1. The maximum absolute atomic E-state index is 13.5. The van der Waals surface area contributed by atoms with Crippen LogP contribution in [-0.4, -0.2) is 60.6 Å². The van der Waals surface area contributed by atoms with E-state index in [0.717, 1.165) is 17.5 Å². The van der Waals surface area contributed by atoms with Crippen molar-refractivity contribution in [3.05, 3.63) is 48.0 Å². The van der Waals surface area contributed by atoms with Gasteiger partial charge in [-0.25, -0.2) is 0 Å². The number of benzene rings is 2. The summed E-state index contributed by atoms with van der Waals surface area (Å²) in [5.74, 6) is 0.0746. The van der Waals surface area contributed by atoms with E-state index in [-0.39, 0.29) is 29.8 Å². The highest BCUT2D eigenvalue weighted by Gasteiger charge is 2.40. The number of likely N-dealkylation sites (N-methyl/N-ethyl adjacent to an activating group) is 1. The second-order valence-corrected chi connectivity index (χ2v) is 10.7. The Kier molecular flexibility index (Phi) is 7.82. The zero-order valence-corrected chi connectivity index (χ0v) is 21.7. The van der Waals surface area contributed by atoms with Crippen molar-refractivity contribution in [2.24, 2.45) is 5.92 Å². The highest BCUT2D eigenvalue weighted by molar-refractivity contribution is 7.98. The van der Waals surface area contributed by atoms with Crippen LogP contribution in [0.4, 0.5) is 5.69 Å². The molecule has 4 rings (SSSR count). The molecule has 2 heterocycles. The van der Waals surface area contributed by atoms with Crippen LogP contribution >= 0.6 is 11.8 Å². The molecule has 3 atom stereocenters. The molecule has 2 aromatic rings. The minimum atomic E-state index is -0.604. The van der Waals surface area contributed by atoms with Crippen LogP contribution in [0.1, 0.15) is 43.5 Å². The summed E-state index contributed by atoms with van der Waals surface area (Å²) in [7, 11) is 1.91. The minimum absolute atomic E-state index is 0.000395. The molecule has 0 radical (unpaired) electrons. The first-order valence-corrected chi connectivity index (χ1v) is 13.5. The van der Waals surface area contributed by atoms with E-state index in [2.05, 4.69) is 36.6 Å². The van der Waals surface area contributed by atoms with Gasteiger partial charge in [0.15, 0.2) is 6.04 Å². The topological polar surface area (TPSA) is 95.1 Å². The Morgan fingerprint density at radius 2 is 1.89 bits per heavy atom. The number of anilines is 1. The first kappa shape index (κ1) is 25.3. The molecule has 2 aliphatic rings. The fraction of sp³-hybridized carbons (Fsp3) is 0.444. The second kappa shape index (κ2) is 10.8. The largest absolute Gasteiger partial charge is 0.348 e. The Bertz CT molecular complexity index is 1100. The summed E-state index contributed by atoms with van der Waals surface area (Å²) < 4.78 is 0. The van der Waals surface area contributed by atoms with Crippen molar-refractivity contribution in [1.29, 1.82) is 0 Å². The van der Waals surface area contributed by atoms with E-state index in [4.69, 9.17) is 0 Å². The monoisotopic (exact) mass is 495 g/mol. The predicted octanol–water partition coefficient (Wildman–Crippen LogP) is 2.72. The van der Waals surface area contributed by atoms with Crippen LogP contribution in [0.5, 0.6) is 0 Å². The Balaban J connectivity index is 1.51. The number of amides is 3. The van der Waals surface area contributed by atoms with Crippen molar-refractivity contribution in [2.75, 3.05) is 25.2 Å². The van der Waals surface area contributed by atoms with Gasteiger partial charge >= 0.3 is 0 Å². The Morgan fingerprint density at radius 3 is 2.54 bits per heavy atom. The van der Waals surface area contributed by atoms with Gasteiger partial charge in [-0.3, -0.25) is 14.4 Å². The van der Waals surface area contributed by atoms with E-state index in [0.29, 0.717) is 36.6 Å². The number of carbonyl (C=O) groups excluding carboxylic acids is 3. The molecule has 4 N–H and O–H groups in total. The molecule has 0 bridgehead atoms. The van der Waals surface area contributed by atoms with Gasteiger partial charge in [0.1, 0.15) is 6.04 Å². The quantitative estimate of drug-likeness (QED) is 0.515. The van der Waals surface area contributed by atoms with Gasteiger partial charge in [0.2, 0.25) is 5.91 Å². The van der Waals surface area contributed by atoms with Gasteiger partial charge < -0.3 is 20.9 Å². The number of nitrogens with two attached hydrogens (primary N) is 1. The maximum Gasteiger partial charge on any atom is 0.278 e. The van der Waals surface area contributed by atoms with Crippen LogP contribution in [-0.2, 0) is 9.59 Å². The van der Waals surface area contributed by atoms with Gasteiger partial charge in [-0.15, -0.1) is 11.8 Å². The molecule has 2 aliphatic heterocycles. The fourth-order valence-electron chi connectivity index (χ4n) is 4.96. The van der Waals surface area contributed by atoms with Crippen LogP contribution in [0.15, 0.2) is 47.4 Å². The third-order valence-electron chi connectivity index (χ3n) is 6.91. The van der Waals surface area contributed by atoms with Crippen molar-refractivity contribution in [3.63, 3.8) is 0 Å². The molecular weight excluding hydrogens is 460 g/mol. The molecule has 35 heavy (non-hydrogen) atoms. The van der Waals surface area contributed by atoms with Crippen molar-refractivity contribution in [2.45, 2.75) is 56.1 Å². The SMILES string of the molecule is C[NH2+][C@@H](CC(C)C)C(=O)N[C@H]1CCN2C(=O)c3cc(-c4ccc(SC)cc4)ccc3NC(=O)[C@@H]2C1. The van der Waals surface area contributed by atoms with Crippen LogP contribution in [0, 0.1) is 5.92 Å². The third-order valence-corrected chi connectivity index (χ3v) is 7.65. The van der Waals surface area contributed by atoms with Crippen molar-refractivity contribution >= 4 is 35.2 Å². The molecule has 1 fully saturated rings. The molecule has 0 spiro atoms. The van der Waals surface area contributed by atoms with Gasteiger partial charge in [0.25, 0.3) is 11.8 Å². The first-order valence-electron chi connectivity index (χ1n) is 12.3. The number of carbonyl (C=O) groups is 3. The summed E-state index contributed by atoms with van der Waals surface area (Å²) in [6.45, 7) is 4.64. The van der Waals surface area contributed by atoms with Gasteiger partial charge in [0.05, 0.1) is 18.3 Å². The van der Waals surface area contributed by atoms with E-state index in [9.17, 15) is 14.4 Å². The van der Waals surface area contributed by atoms with Gasteiger partial charge in [0, 0.05) is 23.9 Å². The summed E-state index contributed by atoms with van der Waals surface area (Å²) in [6, 6.07) is 12.9. The maximum atomic E-state index is 13.5. The molecule has 0 aromatic heterocycles. The molecule has 2 aromatic carbocycles. The van der Waals surface area contributed by atoms with E-state index in [1.807, 2.05) is 49.0 Å². The number of fused-ring (bicyclic) bond motifs is 2. The normalized spacial score (nSPS) is 20.5. The zero-order chi connectivity index (χ0) is 25.1. The molecule has 186 valence electrons. The molecular formula is C27H35N4O3S+. The summed E-state index contributed by atoms with van der Waals surface area (Å²) in [5, 5.41) is 8.03. The summed E-state index contributed by atoms with van der Waals surface area (Å²) >= 11 is 1.68. The lowest BCUT2D eigenvalue weighted by atomic mass is 9.95. The van der Waals surface area contributed by atoms with Crippen LogP contribution in [0.2, 0.25) is 0 Å². The number of rotatable bonds is 7. The molecule has 3 amide bonds. The van der Waals surface area contributed by atoms with Crippen molar-refractivity contribution in [1.82, 2.24) is 10.2 Å². The molecule has 0 unspecified atom stereocenters. The van der Waals surface area contributed by atoms with Crippen LogP contribution < -0.4 is 16.0 Å². The number of thioether (sulfide) groups is 1. The van der Waals surface area contributed by atoms with E-state index in [1.165, 1.54) is 4.90 Å². The predicted molar refractivity (Wildman–Crippen MR) is 139 cm³/mol. The first-order chi connectivity index (χ1) is 16.8. The molecule has 1 saturated heterocycles. The lowest BCUT2D eigenvalue weighted by Gasteiger charge is -2.37. The van der Waals surface area contributed by atoms with Crippen LogP contribution in [0.25, 0.3) is 11.1 Å². The second-order valence-electron chi connectivity index (χ2n) is 9.79. The van der Waals surface area contributed by atoms with Crippen molar-refractivity contribution in [3.8, 4) is 11.1 Å². The lowest BCUT2D eigenvalue weighted by Crippen LogP contribution is -2.89. The standard InChI is InChI=1S/C27H34N4O3S/c1-16(2)13-23(28-3)25(32)29-19-11-12-31-24(15-19)26(33)30-22-10-7-18(14-21(22)27(31)34)17-5-8-20(35-4)9-6-17/h5-10,14,16,19,23-24,28H,11-13,15H2,1-4H3,(H,29,32)(H,30,33)/p+1/t19-,23-,24-/m0/s1. The third kappa shape index (κ3) is 5.54. The van der Waals surface area contributed by atoms with Crippen LogP contribution in [0.3, 0.4) is 0 Å². The summed E-state index contributed by atoms with van der Waals surface area (Å²) in [5.41, 5.74) is 3.01. The highest BCUT2D eigenvalue weighted by Crippen LogP contribution is 2.32. The average molecular weight is 496 g/mol. The number of piperidine rings is 1. The number of nitrogens with zero attached hydrogens (tertiary/aromatic N) is 1. The van der Waals surface area contributed by atoms with E-state index < -0.39 is 6.04 Å². The smallest absolute Gasteiger partial charge is 0.278 e. The van der Waals surface area contributed by atoms with E-state index >= 15 is 0 Å². The summed E-state index contributed by atoms with van der Waals surface area (Å²) in [6.07, 6.45) is 3.88. The molecule has 7 nitrogen and oxygen atoms in total. The van der Waals surface area contributed by atoms with Gasteiger partial charge in [-0.05, 0) is 60.4 Å². The molecule has 8 heteroatoms. The van der Waals surface area contributed by atoms with E-state index in [1.54, 1.807) is 16.7 Å². The highest BCUT2D eigenvalue weighted by atomic mass is 32.2. The zero-order valence-electron chi connectivity index (χ0n) is 20.8. The number of nitrogens with one attached hydrogen (secondary N) is 2. The summed E-state index contributed by atoms with van der Waals surface area (Å²) in [4.78, 5) is 42.3. The molecule has 0 aliphatic carbocycles. The minimum Gasteiger partial charge on any atom is -0.348 e. The fourth-order valence-corrected chi connectivity index (χ4v) is 5.37. The Hall–Kier alpha value is -2.84. The van der Waals surface area contributed by atoms with Crippen molar-refractivity contribution < 1.29 is 19.7 Å². The van der Waals surface area contributed by atoms with Gasteiger partial charge in [-0.1, -0.05) is 32.0 Å². The Labute approximate surface area is 211 Å². The molecule has 0 saturated carbocycles. The Morgan fingerprint density at radius 1 is 1.17 bits per heavy atom. The average Bonchev–Trinajstić information content (AvgIpc) is 2.96. The van der Waals surface area contributed by atoms with Gasteiger partial charge in [-0.2, -0.15) is 0 Å².